The summed E-state index contributed by atoms with van der Waals surface area (Å²) in [7, 11) is 2.05. The summed E-state index contributed by atoms with van der Waals surface area (Å²) < 4.78 is 3.26. The van der Waals surface area contributed by atoms with E-state index < -0.39 is 0 Å². The van der Waals surface area contributed by atoms with Gasteiger partial charge >= 0.3 is 0 Å². The monoisotopic (exact) mass is 266 g/mol. The maximum absolute atomic E-state index is 5.68. The first-order valence-corrected chi connectivity index (χ1v) is 5.87. The summed E-state index contributed by atoms with van der Waals surface area (Å²) in [6.45, 7) is 2.83. The average molecular weight is 267 g/mol. The van der Waals surface area contributed by atoms with Crippen molar-refractivity contribution in [3.8, 4) is 0 Å². The predicted octanol–water partition coefficient (Wildman–Crippen LogP) is 3.00. The highest BCUT2D eigenvalue weighted by molar-refractivity contribution is 9.10. The highest BCUT2D eigenvalue weighted by atomic mass is 79.9. The fourth-order valence-electron chi connectivity index (χ4n) is 1.83. The van der Waals surface area contributed by atoms with Crippen molar-refractivity contribution in [3.63, 3.8) is 0 Å². The number of aryl methyl sites for hydroxylation is 1. The van der Waals surface area contributed by atoms with Crippen LogP contribution in [0.15, 0.2) is 28.9 Å². The van der Waals surface area contributed by atoms with Crippen LogP contribution in [0.3, 0.4) is 0 Å². The van der Waals surface area contributed by atoms with Gasteiger partial charge in [0.05, 0.1) is 5.52 Å². The number of nitrogens with zero attached hydrogens (tertiary/aromatic N) is 1. The van der Waals surface area contributed by atoms with Crippen LogP contribution < -0.4 is 5.73 Å². The maximum Gasteiger partial charge on any atom is 0.0622 e. The Morgan fingerprint density at radius 1 is 1.47 bits per heavy atom. The highest BCUT2D eigenvalue weighted by Crippen LogP contribution is 2.29. The Kier molecular flexibility index (Phi) is 2.85. The molecule has 0 aliphatic rings. The van der Waals surface area contributed by atoms with Gasteiger partial charge in [0.15, 0.2) is 0 Å². The second-order valence-corrected chi connectivity index (χ2v) is 4.86. The van der Waals surface area contributed by atoms with E-state index in [1.807, 2.05) is 0 Å². The number of hydrogen-bond donors (Lipinski definition) is 1. The first kappa shape index (κ1) is 10.7. The second kappa shape index (κ2) is 3.99. The average Bonchev–Trinajstić information content (AvgIpc) is 2.59. The first-order chi connectivity index (χ1) is 7.13. The zero-order valence-electron chi connectivity index (χ0n) is 9.00. The van der Waals surface area contributed by atoms with E-state index in [1.54, 1.807) is 0 Å². The van der Waals surface area contributed by atoms with Crippen molar-refractivity contribution in [2.45, 2.75) is 12.8 Å². The third kappa shape index (κ3) is 1.82. The molecule has 0 amide bonds. The number of hydrogen-bond acceptors (Lipinski definition) is 1. The number of rotatable bonds is 2. The minimum atomic E-state index is 0.408. The van der Waals surface area contributed by atoms with Crippen molar-refractivity contribution in [1.29, 1.82) is 0 Å². The molecule has 1 aromatic heterocycles. The number of nitrogens with two attached hydrogens (primary N) is 1. The van der Waals surface area contributed by atoms with Gasteiger partial charge in [0, 0.05) is 23.1 Å². The van der Waals surface area contributed by atoms with Crippen LogP contribution in [-0.4, -0.2) is 11.1 Å². The summed E-state index contributed by atoms with van der Waals surface area (Å²) in [5.41, 5.74) is 8.22. The van der Waals surface area contributed by atoms with Gasteiger partial charge < -0.3 is 10.3 Å². The summed E-state index contributed by atoms with van der Waals surface area (Å²) in [6.07, 6.45) is 2.08. The number of halogens is 1. The number of benzene rings is 1. The smallest absolute Gasteiger partial charge is 0.0622 e. The Labute approximate surface area is 98.2 Å². The van der Waals surface area contributed by atoms with Gasteiger partial charge in [-0.25, -0.2) is 0 Å². The lowest BCUT2D eigenvalue weighted by molar-refractivity contribution is 0.774. The van der Waals surface area contributed by atoms with E-state index >= 15 is 0 Å². The molecule has 80 valence electrons. The molecule has 0 bridgehead atoms. The second-order valence-electron chi connectivity index (χ2n) is 4.00. The quantitative estimate of drug-likeness (QED) is 0.890. The lowest BCUT2D eigenvalue weighted by atomic mass is 10.0. The molecule has 1 heterocycles. The minimum absolute atomic E-state index is 0.408. The molecule has 0 radical (unpaired) electrons. The molecular weight excluding hydrogens is 252 g/mol. The Morgan fingerprint density at radius 2 is 2.20 bits per heavy atom. The van der Waals surface area contributed by atoms with Crippen LogP contribution in [0.2, 0.25) is 0 Å². The van der Waals surface area contributed by atoms with Gasteiger partial charge in [-0.3, -0.25) is 0 Å². The van der Waals surface area contributed by atoms with E-state index in [0.717, 1.165) is 4.47 Å². The van der Waals surface area contributed by atoms with Crippen LogP contribution >= 0.6 is 15.9 Å². The van der Waals surface area contributed by atoms with Crippen molar-refractivity contribution in [2.75, 3.05) is 6.54 Å². The molecule has 0 fully saturated rings. The predicted molar refractivity (Wildman–Crippen MR) is 68.1 cm³/mol. The van der Waals surface area contributed by atoms with E-state index in [2.05, 4.69) is 58.9 Å². The molecule has 3 heteroatoms. The molecule has 2 N–H and O–H groups in total. The van der Waals surface area contributed by atoms with Gasteiger partial charge in [-0.05, 0) is 52.2 Å². The Balaban J connectivity index is 2.63. The van der Waals surface area contributed by atoms with Crippen LogP contribution in [0.4, 0.5) is 0 Å². The van der Waals surface area contributed by atoms with Gasteiger partial charge in [-0.15, -0.1) is 0 Å². The summed E-state index contributed by atoms with van der Waals surface area (Å²) in [4.78, 5) is 0. The molecule has 0 saturated carbocycles. The van der Waals surface area contributed by atoms with Gasteiger partial charge in [0.2, 0.25) is 0 Å². The largest absolute Gasteiger partial charge is 0.350 e. The van der Waals surface area contributed by atoms with Crippen LogP contribution in [0.1, 0.15) is 18.4 Å². The first-order valence-electron chi connectivity index (χ1n) is 5.08. The lowest BCUT2D eigenvalue weighted by Gasteiger charge is -2.10. The molecular formula is C12H15BrN2. The van der Waals surface area contributed by atoms with E-state index in [4.69, 9.17) is 5.73 Å². The van der Waals surface area contributed by atoms with E-state index in [9.17, 15) is 0 Å². The molecule has 1 atom stereocenters. The molecule has 2 rings (SSSR count). The fourth-order valence-corrected chi connectivity index (χ4v) is 2.60. The van der Waals surface area contributed by atoms with Crippen molar-refractivity contribution in [3.05, 3.63) is 34.4 Å². The van der Waals surface area contributed by atoms with Gasteiger partial charge in [0.1, 0.15) is 0 Å². The number of aromatic nitrogens is 1. The molecule has 15 heavy (non-hydrogen) atoms. The minimum Gasteiger partial charge on any atom is -0.350 e. The Morgan fingerprint density at radius 3 is 2.87 bits per heavy atom. The zero-order chi connectivity index (χ0) is 11.0. The van der Waals surface area contributed by atoms with E-state index in [-0.39, 0.29) is 0 Å². The van der Waals surface area contributed by atoms with Crippen LogP contribution in [0.25, 0.3) is 10.9 Å². The topological polar surface area (TPSA) is 30.9 Å². The molecule has 0 aliphatic heterocycles. The maximum atomic E-state index is 5.68. The third-order valence-corrected chi connectivity index (χ3v) is 3.47. The van der Waals surface area contributed by atoms with Gasteiger partial charge in [0.25, 0.3) is 0 Å². The van der Waals surface area contributed by atoms with Gasteiger partial charge in [-0.1, -0.05) is 6.92 Å². The number of fused-ring (bicyclic) bond motifs is 1. The molecule has 1 unspecified atom stereocenters. The molecule has 0 aliphatic carbocycles. The zero-order valence-corrected chi connectivity index (χ0v) is 10.6. The van der Waals surface area contributed by atoms with E-state index in [1.165, 1.54) is 16.5 Å². The molecule has 2 aromatic rings. The Hall–Kier alpha value is -0.800. The van der Waals surface area contributed by atoms with Crippen molar-refractivity contribution in [1.82, 2.24) is 4.57 Å². The van der Waals surface area contributed by atoms with Crippen LogP contribution in [0, 0.1) is 0 Å². The standard InChI is InChI=1S/C12H15BrN2/c1-8(7-14)10-5-9-3-4-15(2)12(9)11(13)6-10/h3-6,8H,7,14H2,1-2H3. The SMILES string of the molecule is CC(CN)c1cc(Br)c2c(ccn2C)c1. The molecule has 0 saturated heterocycles. The van der Waals surface area contributed by atoms with Crippen molar-refractivity contribution in [2.24, 2.45) is 12.8 Å². The van der Waals surface area contributed by atoms with Crippen LogP contribution in [-0.2, 0) is 7.05 Å². The third-order valence-electron chi connectivity index (χ3n) is 2.87. The fraction of sp³-hybridized carbons (Fsp3) is 0.333. The summed E-state index contributed by atoms with van der Waals surface area (Å²) >= 11 is 3.61. The molecule has 1 aromatic carbocycles. The summed E-state index contributed by atoms with van der Waals surface area (Å²) in [5, 5.41) is 1.27. The van der Waals surface area contributed by atoms with Gasteiger partial charge in [-0.2, -0.15) is 0 Å². The highest BCUT2D eigenvalue weighted by Gasteiger charge is 2.09. The summed E-state index contributed by atoms with van der Waals surface area (Å²) in [5.74, 6) is 0.408. The Bertz CT molecular complexity index is 488. The lowest BCUT2D eigenvalue weighted by Crippen LogP contribution is -2.08. The van der Waals surface area contributed by atoms with E-state index in [0.29, 0.717) is 12.5 Å². The summed E-state index contributed by atoms with van der Waals surface area (Å²) in [6, 6.07) is 6.52. The van der Waals surface area contributed by atoms with Crippen molar-refractivity contribution >= 4 is 26.8 Å². The van der Waals surface area contributed by atoms with Crippen molar-refractivity contribution < 1.29 is 0 Å². The molecule has 0 spiro atoms. The van der Waals surface area contributed by atoms with Crippen LogP contribution in [0.5, 0.6) is 0 Å². The molecule has 2 nitrogen and oxygen atoms in total. The normalized spacial score (nSPS) is 13.3.